The number of piperazine rings is 1. The summed E-state index contributed by atoms with van der Waals surface area (Å²) in [6.07, 6.45) is -4.93. The summed E-state index contributed by atoms with van der Waals surface area (Å²) in [5.41, 5.74) is -0.694. The lowest BCUT2D eigenvalue weighted by atomic mass is 10.2. The van der Waals surface area contributed by atoms with Crippen LogP contribution in [0.15, 0.2) is 0 Å². The summed E-state index contributed by atoms with van der Waals surface area (Å²) in [4.78, 5) is 13.0. The Morgan fingerprint density at radius 3 is 2.44 bits per heavy atom. The zero-order valence-electron chi connectivity index (χ0n) is 10.5. The van der Waals surface area contributed by atoms with E-state index in [-0.39, 0.29) is 6.54 Å². The molecule has 2 aliphatic rings. The van der Waals surface area contributed by atoms with Crippen molar-refractivity contribution in [2.24, 2.45) is 5.92 Å². The number of ether oxygens (including phenoxy) is 1. The normalized spacial score (nSPS) is 31.9. The molecule has 0 radical (unpaired) electrons. The van der Waals surface area contributed by atoms with Crippen molar-refractivity contribution in [2.75, 3.05) is 13.1 Å². The molecule has 1 heterocycles. The fraction of sp³-hybridized carbons (Fsp3) is 0.909. The molecule has 1 aliphatic heterocycles. The number of halogens is 3. The van der Waals surface area contributed by atoms with Crippen LogP contribution in [0, 0.1) is 5.92 Å². The van der Waals surface area contributed by atoms with Crippen LogP contribution in [0.3, 0.4) is 0 Å². The molecular weight excluding hydrogens is 249 g/mol. The van der Waals surface area contributed by atoms with Crippen LogP contribution in [0.4, 0.5) is 18.0 Å². The van der Waals surface area contributed by atoms with Crippen molar-refractivity contribution in [1.29, 1.82) is 0 Å². The topological polar surface area (TPSA) is 41.6 Å². The van der Waals surface area contributed by atoms with E-state index in [1.807, 2.05) is 0 Å². The number of amides is 1. The number of carbonyl (C=O) groups excluding carboxylic acids is 1. The van der Waals surface area contributed by atoms with Gasteiger partial charge < -0.3 is 15.0 Å². The molecule has 3 atom stereocenters. The Bertz CT molecular complexity index is 351. The molecule has 1 N–H and O–H groups in total. The maximum atomic E-state index is 12.7. The van der Waals surface area contributed by atoms with Crippen LogP contribution in [0.2, 0.25) is 0 Å². The molecular formula is C11H17F3N2O2. The first-order chi connectivity index (χ1) is 8.11. The minimum absolute atomic E-state index is 0.253. The van der Waals surface area contributed by atoms with Crippen LogP contribution >= 0.6 is 0 Å². The zero-order chi connectivity index (χ0) is 13.7. The Kier molecular flexibility index (Phi) is 3.00. The van der Waals surface area contributed by atoms with Gasteiger partial charge in [-0.3, -0.25) is 0 Å². The first kappa shape index (κ1) is 13.5. The van der Waals surface area contributed by atoms with Gasteiger partial charge in [0.2, 0.25) is 0 Å². The number of carbonyl (C=O) groups is 1. The predicted molar refractivity (Wildman–Crippen MR) is 58.1 cm³/mol. The third-order valence-electron chi connectivity index (χ3n) is 3.08. The van der Waals surface area contributed by atoms with E-state index in [9.17, 15) is 18.0 Å². The lowest BCUT2D eigenvalue weighted by molar-refractivity contribution is -0.152. The number of alkyl halides is 3. The van der Waals surface area contributed by atoms with Gasteiger partial charge in [0.05, 0.1) is 12.0 Å². The van der Waals surface area contributed by atoms with Crippen LogP contribution < -0.4 is 5.32 Å². The second kappa shape index (κ2) is 4.01. The van der Waals surface area contributed by atoms with Crippen LogP contribution in [-0.4, -0.2) is 47.9 Å². The molecule has 4 nitrogen and oxygen atoms in total. The summed E-state index contributed by atoms with van der Waals surface area (Å²) in [5, 5.41) is 2.79. The van der Waals surface area contributed by atoms with Crippen LogP contribution in [0.25, 0.3) is 0 Å². The van der Waals surface area contributed by atoms with E-state index in [1.54, 1.807) is 20.8 Å². The lowest BCUT2D eigenvalue weighted by Crippen LogP contribution is -2.48. The Morgan fingerprint density at radius 2 is 1.94 bits per heavy atom. The third-order valence-corrected chi connectivity index (χ3v) is 3.08. The Morgan fingerprint density at radius 1 is 1.33 bits per heavy atom. The average molecular weight is 266 g/mol. The molecule has 7 heteroatoms. The molecule has 0 unspecified atom stereocenters. The zero-order valence-corrected chi connectivity index (χ0v) is 10.5. The van der Waals surface area contributed by atoms with Crippen molar-refractivity contribution in [3.8, 4) is 0 Å². The van der Waals surface area contributed by atoms with Crippen molar-refractivity contribution in [1.82, 2.24) is 10.2 Å². The molecule has 0 bridgehead atoms. The Balaban J connectivity index is 2.04. The Labute approximate surface area is 103 Å². The van der Waals surface area contributed by atoms with E-state index in [4.69, 9.17) is 4.74 Å². The van der Waals surface area contributed by atoms with Crippen molar-refractivity contribution >= 4 is 6.09 Å². The monoisotopic (exact) mass is 266 g/mol. The van der Waals surface area contributed by atoms with Gasteiger partial charge in [0.25, 0.3) is 0 Å². The van der Waals surface area contributed by atoms with E-state index >= 15 is 0 Å². The lowest BCUT2D eigenvalue weighted by Gasteiger charge is -2.30. The summed E-state index contributed by atoms with van der Waals surface area (Å²) in [7, 11) is 0. The molecule has 0 aromatic rings. The van der Waals surface area contributed by atoms with Crippen molar-refractivity contribution < 1.29 is 22.7 Å². The largest absolute Gasteiger partial charge is 0.444 e. The van der Waals surface area contributed by atoms with E-state index in [0.29, 0.717) is 6.54 Å². The van der Waals surface area contributed by atoms with E-state index in [2.05, 4.69) is 5.32 Å². The standard InChI is InChI=1S/C11H17F3N2O2/c1-10(2,3)18-9(17)16-5-4-15-7-6(8(7)16)11(12,13)14/h6-8,15H,4-5H2,1-3H3/t6-,7-,8+/m1/s1. The molecule has 1 saturated heterocycles. The summed E-state index contributed by atoms with van der Waals surface area (Å²) >= 11 is 0. The van der Waals surface area contributed by atoms with Gasteiger partial charge in [0.1, 0.15) is 5.60 Å². The molecule has 1 amide bonds. The van der Waals surface area contributed by atoms with E-state index < -0.39 is 35.9 Å². The third kappa shape index (κ3) is 2.55. The Hall–Kier alpha value is -0.980. The highest BCUT2D eigenvalue weighted by Gasteiger charge is 2.68. The molecule has 0 spiro atoms. The maximum Gasteiger partial charge on any atom is 0.410 e. The minimum atomic E-state index is -4.27. The smallest absolute Gasteiger partial charge is 0.410 e. The fourth-order valence-corrected chi connectivity index (χ4v) is 2.36. The van der Waals surface area contributed by atoms with Crippen LogP contribution in [0.5, 0.6) is 0 Å². The predicted octanol–water partition coefficient (Wildman–Crippen LogP) is 1.76. The van der Waals surface area contributed by atoms with Crippen molar-refractivity contribution in [2.45, 2.75) is 44.6 Å². The molecule has 18 heavy (non-hydrogen) atoms. The quantitative estimate of drug-likeness (QED) is 0.726. The molecule has 1 aliphatic carbocycles. The number of hydrogen-bond donors (Lipinski definition) is 1. The SMILES string of the molecule is CC(C)(C)OC(=O)N1CCN[C@H]2[C@@H]1[C@@H]2C(F)(F)F. The second-order valence-electron chi connectivity index (χ2n) is 5.71. The average Bonchev–Trinajstić information content (AvgIpc) is 2.86. The number of hydrogen-bond acceptors (Lipinski definition) is 3. The van der Waals surface area contributed by atoms with Gasteiger partial charge in [-0.05, 0) is 20.8 Å². The second-order valence-corrected chi connectivity index (χ2v) is 5.71. The summed E-state index contributed by atoms with van der Waals surface area (Å²) < 4.78 is 43.2. The van der Waals surface area contributed by atoms with Gasteiger partial charge in [0.15, 0.2) is 0 Å². The number of fused-ring (bicyclic) bond motifs is 1. The molecule has 104 valence electrons. The maximum absolute atomic E-state index is 12.7. The van der Waals surface area contributed by atoms with Crippen molar-refractivity contribution in [3.63, 3.8) is 0 Å². The van der Waals surface area contributed by atoms with Gasteiger partial charge in [-0.25, -0.2) is 4.79 Å². The summed E-state index contributed by atoms with van der Waals surface area (Å²) in [6.45, 7) is 5.70. The highest BCUT2D eigenvalue weighted by atomic mass is 19.4. The van der Waals surface area contributed by atoms with Gasteiger partial charge >= 0.3 is 12.3 Å². The van der Waals surface area contributed by atoms with Gasteiger partial charge in [-0.15, -0.1) is 0 Å². The highest BCUT2D eigenvalue weighted by molar-refractivity contribution is 5.69. The van der Waals surface area contributed by atoms with Crippen LogP contribution in [0.1, 0.15) is 20.8 Å². The molecule has 2 rings (SSSR count). The first-order valence-corrected chi connectivity index (χ1v) is 5.91. The van der Waals surface area contributed by atoms with Gasteiger partial charge in [0, 0.05) is 19.1 Å². The summed E-state index contributed by atoms with van der Waals surface area (Å²) in [5.74, 6) is -1.47. The first-order valence-electron chi connectivity index (χ1n) is 5.91. The summed E-state index contributed by atoms with van der Waals surface area (Å²) in [6, 6.07) is -1.49. The van der Waals surface area contributed by atoms with E-state index in [1.165, 1.54) is 4.90 Å². The van der Waals surface area contributed by atoms with Crippen molar-refractivity contribution in [3.05, 3.63) is 0 Å². The number of rotatable bonds is 0. The fourth-order valence-electron chi connectivity index (χ4n) is 2.36. The van der Waals surface area contributed by atoms with Gasteiger partial charge in [-0.1, -0.05) is 0 Å². The van der Waals surface area contributed by atoms with E-state index in [0.717, 1.165) is 0 Å². The highest BCUT2D eigenvalue weighted by Crippen LogP contribution is 2.49. The molecule has 1 saturated carbocycles. The molecule has 2 fully saturated rings. The molecule has 0 aromatic carbocycles. The van der Waals surface area contributed by atoms with Gasteiger partial charge in [-0.2, -0.15) is 13.2 Å². The van der Waals surface area contributed by atoms with Crippen LogP contribution in [-0.2, 0) is 4.74 Å². The molecule has 0 aromatic heterocycles. The minimum Gasteiger partial charge on any atom is -0.444 e. The number of nitrogens with zero attached hydrogens (tertiary/aromatic N) is 1. The number of nitrogens with one attached hydrogen (secondary N) is 1.